The van der Waals surface area contributed by atoms with Gasteiger partial charge in [0.2, 0.25) is 11.0 Å². The maximum absolute atomic E-state index is 12.7. The van der Waals surface area contributed by atoms with E-state index >= 15 is 0 Å². The minimum atomic E-state index is -0.308. The molecule has 0 radical (unpaired) electrons. The largest absolute Gasteiger partial charge is 0.312 e. The van der Waals surface area contributed by atoms with Crippen molar-refractivity contribution in [2.45, 2.75) is 12.3 Å². The van der Waals surface area contributed by atoms with Gasteiger partial charge in [-0.25, -0.2) is 0 Å². The Morgan fingerprint density at radius 1 is 1.07 bits per heavy atom. The third-order valence-electron chi connectivity index (χ3n) is 4.94. The molecule has 2 amide bonds. The molecule has 0 saturated carbocycles. The van der Waals surface area contributed by atoms with Crippen LogP contribution in [0.15, 0.2) is 54.6 Å². The lowest BCUT2D eigenvalue weighted by Gasteiger charge is -2.15. The Bertz CT molecular complexity index is 1250. The Morgan fingerprint density at radius 3 is 2.63 bits per heavy atom. The molecule has 4 aromatic rings. The van der Waals surface area contributed by atoms with Crippen LogP contribution in [-0.2, 0) is 4.79 Å². The molecule has 0 spiro atoms. The number of nitrogens with zero attached hydrogens (tertiary/aromatic N) is 3. The molecule has 6 nitrogen and oxygen atoms in total. The summed E-state index contributed by atoms with van der Waals surface area (Å²) in [5.74, 6) is -0.296. The lowest BCUT2D eigenvalue weighted by atomic mass is 10.1. The van der Waals surface area contributed by atoms with Crippen LogP contribution in [-0.4, -0.2) is 28.6 Å². The molecule has 9 heteroatoms. The molecule has 30 heavy (non-hydrogen) atoms. The van der Waals surface area contributed by atoms with E-state index in [1.165, 1.54) is 22.7 Å². The first-order valence-corrected chi connectivity index (χ1v) is 11.3. The van der Waals surface area contributed by atoms with Gasteiger partial charge in [-0.1, -0.05) is 59.3 Å². The summed E-state index contributed by atoms with van der Waals surface area (Å²) in [6, 6.07) is 17.2. The summed E-state index contributed by atoms with van der Waals surface area (Å²) < 4.78 is 0.955. The third kappa shape index (κ3) is 3.47. The van der Waals surface area contributed by atoms with E-state index in [9.17, 15) is 9.59 Å². The van der Waals surface area contributed by atoms with Gasteiger partial charge < -0.3 is 4.90 Å². The summed E-state index contributed by atoms with van der Waals surface area (Å²) >= 11 is 9.03. The van der Waals surface area contributed by atoms with Gasteiger partial charge in [-0.05, 0) is 18.2 Å². The molecule has 0 aliphatic carbocycles. The van der Waals surface area contributed by atoms with Crippen LogP contribution >= 0.6 is 34.3 Å². The minimum absolute atomic E-state index is 0.0474. The average molecular weight is 455 g/mol. The van der Waals surface area contributed by atoms with E-state index in [0.717, 1.165) is 20.8 Å². The van der Waals surface area contributed by atoms with E-state index in [2.05, 4.69) is 15.5 Å². The van der Waals surface area contributed by atoms with Gasteiger partial charge in [0.25, 0.3) is 5.91 Å². The number of aromatic nitrogens is 2. The molecule has 1 N–H and O–H groups in total. The number of rotatable bonds is 4. The van der Waals surface area contributed by atoms with Crippen molar-refractivity contribution in [3.63, 3.8) is 0 Å². The zero-order valence-electron chi connectivity index (χ0n) is 15.5. The molecule has 1 fully saturated rings. The Labute approximate surface area is 185 Å². The third-order valence-corrected chi connectivity index (χ3v) is 7.62. The van der Waals surface area contributed by atoms with Gasteiger partial charge in [-0.15, -0.1) is 21.5 Å². The summed E-state index contributed by atoms with van der Waals surface area (Å²) in [5, 5.41) is 13.5. The zero-order valence-corrected chi connectivity index (χ0v) is 17.9. The van der Waals surface area contributed by atoms with Crippen molar-refractivity contribution in [1.82, 2.24) is 10.2 Å². The molecule has 1 saturated heterocycles. The molecule has 1 unspecified atom stereocenters. The number of fused-ring (bicyclic) bond motifs is 1. The minimum Gasteiger partial charge on any atom is -0.312 e. The summed E-state index contributed by atoms with van der Waals surface area (Å²) in [4.78, 5) is 27.4. The summed E-state index contributed by atoms with van der Waals surface area (Å²) in [5.41, 5.74) is 0.877. The average Bonchev–Trinajstić information content (AvgIpc) is 3.46. The quantitative estimate of drug-likeness (QED) is 0.461. The fraction of sp³-hybridized carbons (Fsp3) is 0.143. The number of hydrogen-bond donors (Lipinski definition) is 1. The number of thiophene rings is 1. The van der Waals surface area contributed by atoms with Crippen LogP contribution < -0.4 is 10.2 Å². The zero-order chi connectivity index (χ0) is 20.7. The van der Waals surface area contributed by atoms with Gasteiger partial charge >= 0.3 is 0 Å². The molecular weight excluding hydrogens is 440 g/mol. The molecule has 1 aliphatic heterocycles. The van der Waals surface area contributed by atoms with Crippen molar-refractivity contribution >= 4 is 67.0 Å². The van der Waals surface area contributed by atoms with E-state index in [1.807, 2.05) is 54.6 Å². The lowest BCUT2D eigenvalue weighted by molar-refractivity contribution is -0.117. The highest BCUT2D eigenvalue weighted by Crippen LogP contribution is 2.37. The molecule has 2 aromatic carbocycles. The number of benzene rings is 2. The second-order valence-electron chi connectivity index (χ2n) is 6.88. The highest BCUT2D eigenvalue weighted by Gasteiger charge is 2.34. The van der Waals surface area contributed by atoms with Crippen molar-refractivity contribution < 1.29 is 9.59 Å². The Morgan fingerprint density at radius 2 is 1.83 bits per heavy atom. The fourth-order valence-electron chi connectivity index (χ4n) is 3.49. The van der Waals surface area contributed by atoms with Crippen LogP contribution in [0, 0.1) is 0 Å². The van der Waals surface area contributed by atoms with Gasteiger partial charge in [0, 0.05) is 34.7 Å². The summed E-state index contributed by atoms with van der Waals surface area (Å²) in [7, 11) is 0. The second kappa shape index (κ2) is 7.79. The van der Waals surface area contributed by atoms with Crippen molar-refractivity contribution in [3.05, 3.63) is 69.5 Å². The predicted octanol–water partition coefficient (Wildman–Crippen LogP) is 5.18. The van der Waals surface area contributed by atoms with Crippen LogP contribution in [0.4, 0.5) is 10.8 Å². The molecular formula is C21H15ClN4O2S2. The van der Waals surface area contributed by atoms with Crippen molar-refractivity contribution in [3.8, 4) is 0 Å². The smallest absolute Gasteiger partial charge is 0.269 e. The topological polar surface area (TPSA) is 75.2 Å². The molecule has 150 valence electrons. The van der Waals surface area contributed by atoms with Crippen LogP contribution in [0.1, 0.15) is 27.0 Å². The number of amides is 2. The summed E-state index contributed by atoms with van der Waals surface area (Å²) in [6.45, 7) is 0.549. The highest BCUT2D eigenvalue weighted by molar-refractivity contribution is 7.22. The van der Waals surface area contributed by atoms with E-state index in [-0.39, 0.29) is 17.7 Å². The molecule has 0 bridgehead atoms. The van der Waals surface area contributed by atoms with Crippen LogP contribution in [0.2, 0.25) is 5.02 Å². The number of hydrogen-bond acceptors (Lipinski definition) is 6. The second-order valence-corrected chi connectivity index (χ2v) is 9.32. The number of carbonyl (C=O) groups is 2. The van der Waals surface area contributed by atoms with Gasteiger partial charge in [-0.2, -0.15) is 0 Å². The first-order chi connectivity index (χ1) is 14.6. The standard InChI is InChI=1S/C21H15ClN4O2S2/c22-17-14-8-4-5-9-15(14)29-18(17)19(28)23-21-25-24-20(30-21)12-10-16(27)26(11-12)13-6-2-1-3-7-13/h1-9,12H,10-11H2,(H,23,25,28). The van der Waals surface area contributed by atoms with E-state index in [1.54, 1.807) is 4.90 Å². The monoisotopic (exact) mass is 454 g/mol. The van der Waals surface area contributed by atoms with Gasteiger partial charge in [0.15, 0.2) is 0 Å². The van der Waals surface area contributed by atoms with E-state index in [0.29, 0.717) is 28.0 Å². The van der Waals surface area contributed by atoms with Crippen LogP contribution in [0.25, 0.3) is 10.1 Å². The van der Waals surface area contributed by atoms with Crippen LogP contribution in [0.3, 0.4) is 0 Å². The lowest BCUT2D eigenvalue weighted by Crippen LogP contribution is -2.24. The first kappa shape index (κ1) is 19.2. The number of carbonyl (C=O) groups excluding carboxylic acids is 2. The maximum Gasteiger partial charge on any atom is 0.269 e. The van der Waals surface area contributed by atoms with Crippen LogP contribution in [0.5, 0.6) is 0 Å². The maximum atomic E-state index is 12.7. The fourth-order valence-corrected chi connectivity index (χ4v) is 5.74. The number of halogens is 1. The van der Waals surface area contributed by atoms with Gasteiger partial charge in [0.1, 0.15) is 9.88 Å². The molecule has 5 rings (SSSR count). The number of para-hydroxylation sites is 1. The molecule has 2 aromatic heterocycles. The van der Waals surface area contributed by atoms with Gasteiger partial charge in [0.05, 0.1) is 5.02 Å². The Balaban J connectivity index is 1.32. The Kier molecular flexibility index (Phi) is 4.98. The summed E-state index contributed by atoms with van der Waals surface area (Å²) in [6.07, 6.45) is 0.375. The normalized spacial score (nSPS) is 16.4. The number of nitrogens with one attached hydrogen (secondary N) is 1. The first-order valence-electron chi connectivity index (χ1n) is 9.27. The molecule has 3 heterocycles. The molecule has 1 atom stereocenters. The number of anilines is 2. The van der Waals surface area contributed by atoms with E-state index < -0.39 is 0 Å². The highest BCUT2D eigenvalue weighted by atomic mass is 35.5. The van der Waals surface area contributed by atoms with Crippen molar-refractivity contribution in [2.24, 2.45) is 0 Å². The van der Waals surface area contributed by atoms with E-state index in [4.69, 9.17) is 11.6 Å². The predicted molar refractivity (Wildman–Crippen MR) is 121 cm³/mol. The SMILES string of the molecule is O=C(Nc1nnc(C2CC(=O)N(c3ccccc3)C2)s1)c1sc2ccccc2c1Cl. The molecule has 1 aliphatic rings. The van der Waals surface area contributed by atoms with Crippen molar-refractivity contribution in [1.29, 1.82) is 0 Å². The van der Waals surface area contributed by atoms with Crippen molar-refractivity contribution in [2.75, 3.05) is 16.8 Å². The van der Waals surface area contributed by atoms with Gasteiger partial charge in [-0.3, -0.25) is 14.9 Å². The Hall–Kier alpha value is -2.81.